The second kappa shape index (κ2) is 8.50. The van der Waals surface area contributed by atoms with E-state index < -0.39 is 11.1 Å². The van der Waals surface area contributed by atoms with Gasteiger partial charge in [-0.05, 0) is 42.8 Å². The number of fused-ring (bicyclic) bond motifs is 1. The number of aromatic amines is 1. The summed E-state index contributed by atoms with van der Waals surface area (Å²) in [5.74, 6) is 0.600. The standard InChI is InChI=1S/C21H23N5O4/c1-2-26-17-4-3-15(12-16(17)24-20(28)21(26)29)19(27)23-13-14-5-6-22-18(11-14)25-7-9-30-10-8-25/h3-6,11-12H,2,7-10,13H2,1H3,(H,23,27)(H,24,28). The van der Waals surface area contributed by atoms with Crippen molar-refractivity contribution in [1.29, 1.82) is 0 Å². The molecule has 0 spiro atoms. The Hall–Kier alpha value is -3.46. The number of aryl methyl sites for hydroxylation is 1. The number of H-pyrrole nitrogens is 1. The van der Waals surface area contributed by atoms with Crippen LogP contribution in [-0.4, -0.2) is 46.7 Å². The number of hydrogen-bond donors (Lipinski definition) is 2. The number of benzene rings is 1. The quantitative estimate of drug-likeness (QED) is 0.606. The lowest BCUT2D eigenvalue weighted by atomic mass is 10.1. The summed E-state index contributed by atoms with van der Waals surface area (Å²) in [5.41, 5.74) is 1.08. The number of rotatable bonds is 5. The summed E-state index contributed by atoms with van der Waals surface area (Å²) >= 11 is 0. The molecule has 2 aromatic heterocycles. The van der Waals surface area contributed by atoms with Gasteiger partial charge in [0.15, 0.2) is 0 Å². The van der Waals surface area contributed by atoms with Gasteiger partial charge in [-0.2, -0.15) is 0 Å². The van der Waals surface area contributed by atoms with Crippen molar-refractivity contribution in [2.75, 3.05) is 31.2 Å². The lowest BCUT2D eigenvalue weighted by Crippen LogP contribution is -2.36. The molecule has 3 heterocycles. The largest absolute Gasteiger partial charge is 0.378 e. The maximum atomic E-state index is 12.6. The summed E-state index contributed by atoms with van der Waals surface area (Å²) in [6.45, 7) is 5.46. The molecule has 1 fully saturated rings. The Morgan fingerprint density at radius 3 is 2.77 bits per heavy atom. The molecule has 1 aliphatic rings. The van der Waals surface area contributed by atoms with Crippen molar-refractivity contribution in [3.8, 4) is 0 Å². The molecule has 4 rings (SSSR count). The monoisotopic (exact) mass is 409 g/mol. The molecule has 156 valence electrons. The van der Waals surface area contributed by atoms with Crippen molar-refractivity contribution < 1.29 is 9.53 Å². The van der Waals surface area contributed by atoms with E-state index >= 15 is 0 Å². The van der Waals surface area contributed by atoms with Crippen LogP contribution in [0.1, 0.15) is 22.8 Å². The zero-order valence-electron chi connectivity index (χ0n) is 16.7. The Kier molecular flexibility index (Phi) is 5.62. The maximum Gasteiger partial charge on any atom is 0.316 e. The second-order valence-electron chi connectivity index (χ2n) is 7.04. The first kappa shape index (κ1) is 19.8. The third-order valence-corrected chi connectivity index (χ3v) is 5.15. The van der Waals surface area contributed by atoms with Crippen LogP contribution in [0.4, 0.5) is 5.82 Å². The molecule has 1 aromatic carbocycles. The topological polar surface area (TPSA) is 109 Å². The van der Waals surface area contributed by atoms with Gasteiger partial charge >= 0.3 is 11.1 Å². The molecule has 0 aliphatic carbocycles. The molecule has 0 bridgehead atoms. The van der Waals surface area contributed by atoms with Crippen LogP contribution >= 0.6 is 0 Å². The number of carbonyl (C=O) groups is 1. The van der Waals surface area contributed by atoms with Crippen LogP contribution in [0.5, 0.6) is 0 Å². The van der Waals surface area contributed by atoms with Crippen LogP contribution in [0.3, 0.4) is 0 Å². The van der Waals surface area contributed by atoms with Crippen LogP contribution in [0, 0.1) is 0 Å². The Morgan fingerprint density at radius 1 is 1.20 bits per heavy atom. The smallest absolute Gasteiger partial charge is 0.316 e. The summed E-state index contributed by atoms with van der Waals surface area (Å²) in [6.07, 6.45) is 1.73. The van der Waals surface area contributed by atoms with Crippen molar-refractivity contribution >= 4 is 22.8 Å². The van der Waals surface area contributed by atoms with Gasteiger partial charge in [0.25, 0.3) is 5.91 Å². The fourth-order valence-corrected chi connectivity index (χ4v) is 3.55. The number of carbonyl (C=O) groups excluding carboxylic acids is 1. The summed E-state index contributed by atoms with van der Waals surface area (Å²) in [7, 11) is 0. The highest BCUT2D eigenvalue weighted by Gasteiger charge is 2.14. The van der Waals surface area contributed by atoms with E-state index in [1.807, 2.05) is 12.1 Å². The number of amides is 1. The lowest BCUT2D eigenvalue weighted by Gasteiger charge is -2.28. The van der Waals surface area contributed by atoms with E-state index in [1.165, 1.54) is 4.57 Å². The fraction of sp³-hybridized carbons (Fsp3) is 0.333. The molecule has 3 aromatic rings. The SMILES string of the molecule is CCn1c(=O)c(=O)[nH]c2cc(C(=O)NCc3ccnc(N4CCOCC4)c3)ccc21. The van der Waals surface area contributed by atoms with Crippen LogP contribution in [-0.2, 0) is 17.8 Å². The molecule has 0 radical (unpaired) electrons. The number of nitrogens with zero attached hydrogens (tertiary/aromatic N) is 3. The molecule has 2 N–H and O–H groups in total. The van der Waals surface area contributed by atoms with Crippen LogP contribution in [0.25, 0.3) is 11.0 Å². The maximum absolute atomic E-state index is 12.6. The number of aromatic nitrogens is 3. The van der Waals surface area contributed by atoms with Crippen molar-refractivity contribution in [3.05, 3.63) is 68.4 Å². The zero-order chi connectivity index (χ0) is 21.1. The predicted octanol–water partition coefficient (Wildman–Crippen LogP) is 0.871. The van der Waals surface area contributed by atoms with E-state index in [2.05, 4.69) is 20.2 Å². The minimum absolute atomic E-state index is 0.267. The summed E-state index contributed by atoms with van der Waals surface area (Å²) < 4.78 is 6.76. The number of ether oxygens (including phenoxy) is 1. The third kappa shape index (κ3) is 3.97. The van der Waals surface area contributed by atoms with Crippen molar-refractivity contribution in [2.45, 2.75) is 20.0 Å². The molecule has 30 heavy (non-hydrogen) atoms. The van der Waals surface area contributed by atoms with Gasteiger partial charge in [-0.25, -0.2) is 4.98 Å². The molecule has 9 heteroatoms. The Labute approximate surface area is 172 Å². The number of nitrogens with one attached hydrogen (secondary N) is 2. The van der Waals surface area contributed by atoms with Crippen LogP contribution in [0.2, 0.25) is 0 Å². The molecule has 1 saturated heterocycles. The van der Waals surface area contributed by atoms with Gasteiger partial charge in [-0.1, -0.05) is 0 Å². The van der Waals surface area contributed by atoms with Crippen molar-refractivity contribution in [3.63, 3.8) is 0 Å². The first-order valence-corrected chi connectivity index (χ1v) is 9.89. The first-order valence-electron chi connectivity index (χ1n) is 9.89. The molecule has 9 nitrogen and oxygen atoms in total. The zero-order valence-corrected chi connectivity index (χ0v) is 16.7. The average Bonchev–Trinajstić information content (AvgIpc) is 2.79. The average molecular weight is 409 g/mol. The van der Waals surface area contributed by atoms with E-state index in [1.54, 1.807) is 31.3 Å². The molecular formula is C21H23N5O4. The van der Waals surface area contributed by atoms with E-state index in [0.29, 0.717) is 42.9 Å². The highest BCUT2D eigenvalue weighted by Crippen LogP contribution is 2.15. The Morgan fingerprint density at radius 2 is 2.00 bits per heavy atom. The number of morpholine rings is 1. The summed E-state index contributed by atoms with van der Waals surface area (Å²) in [5, 5.41) is 2.89. The van der Waals surface area contributed by atoms with Crippen molar-refractivity contribution in [2.24, 2.45) is 0 Å². The fourth-order valence-electron chi connectivity index (χ4n) is 3.55. The summed E-state index contributed by atoms with van der Waals surface area (Å²) in [4.78, 5) is 45.6. The highest BCUT2D eigenvalue weighted by atomic mass is 16.5. The van der Waals surface area contributed by atoms with Gasteiger partial charge in [-0.15, -0.1) is 0 Å². The number of hydrogen-bond acceptors (Lipinski definition) is 6. The van der Waals surface area contributed by atoms with E-state index in [4.69, 9.17) is 4.74 Å². The van der Waals surface area contributed by atoms with Gasteiger partial charge in [0.1, 0.15) is 5.82 Å². The van der Waals surface area contributed by atoms with Gasteiger partial charge < -0.3 is 24.5 Å². The molecule has 0 unspecified atom stereocenters. The van der Waals surface area contributed by atoms with E-state index in [9.17, 15) is 14.4 Å². The minimum Gasteiger partial charge on any atom is -0.378 e. The van der Waals surface area contributed by atoms with Crippen LogP contribution < -0.4 is 21.3 Å². The van der Waals surface area contributed by atoms with Crippen LogP contribution in [0.15, 0.2) is 46.1 Å². The molecule has 0 saturated carbocycles. The third-order valence-electron chi connectivity index (χ3n) is 5.15. The normalized spacial score (nSPS) is 14.1. The molecule has 1 amide bonds. The van der Waals surface area contributed by atoms with Gasteiger partial charge in [0.05, 0.1) is 24.2 Å². The lowest BCUT2D eigenvalue weighted by molar-refractivity contribution is 0.0951. The highest BCUT2D eigenvalue weighted by molar-refractivity contribution is 5.97. The Balaban J connectivity index is 1.50. The van der Waals surface area contributed by atoms with Gasteiger partial charge in [-0.3, -0.25) is 14.4 Å². The molecule has 0 atom stereocenters. The second-order valence-corrected chi connectivity index (χ2v) is 7.04. The Bertz CT molecular complexity index is 1190. The molecular weight excluding hydrogens is 386 g/mol. The minimum atomic E-state index is -0.700. The summed E-state index contributed by atoms with van der Waals surface area (Å²) in [6, 6.07) is 8.73. The number of pyridine rings is 1. The van der Waals surface area contributed by atoms with E-state index in [-0.39, 0.29) is 5.91 Å². The predicted molar refractivity (Wildman–Crippen MR) is 113 cm³/mol. The first-order chi connectivity index (χ1) is 14.6. The molecule has 1 aliphatic heterocycles. The van der Waals surface area contributed by atoms with E-state index in [0.717, 1.165) is 24.5 Å². The van der Waals surface area contributed by atoms with Gasteiger partial charge in [0, 0.05) is 37.9 Å². The number of anilines is 1. The van der Waals surface area contributed by atoms with Gasteiger partial charge in [0.2, 0.25) is 0 Å². The van der Waals surface area contributed by atoms with Crippen molar-refractivity contribution in [1.82, 2.24) is 19.9 Å².